The highest BCUT2D eigenvalue weighted by molar-refractivity contribution is 5.81. The van der Waals surface area contributed by atoms with E-state index < -0.39 is 16.2 Å². The second kappa shape index (κ2) is 8.91. The number of fused-ring (bicyclic) bond motifs is 1. The van der Waals surface area contributed by atoms with Gasteiger partial charge in [0.05, 0.1) is 11.1 Å². The smallest absolute Gasteiger partial charge is 0.303 e. The molecule has 11 heteroatoms. The first-order chi connectivity index (χ1) is 15.9. The quantitative estimate of drug-likeness (QED) is 0.262. The molecular formula is C22H21N7O4. The highest BCUT2D eigenvalue weighted by Crippen LogP contribution is 2.17. The normalized spacial score (nSPS) is 11.3. The Hall–Kier alpha value is -4.54. The van der Waals surface area contributed by atoms with Gasteiger partial charge in [0.1, 0.15) is 0 Å². The van der Waals surface area contributed by atoms with Crippen molar-refractivity contribution in [3.8, 4) is 0 Å². The molecule has 0 saturated carbocycles. The van der Waals surface area contributed by atoms with Crippen molar-refractivity contribution in [3.63, 3.8) is 0 Å². The largest absolute Gasteiger partial charge is 0.332 e. The van der Waals surface area contributed by atoms with Crippen molar-refractivity contribution in [1.82, 2.24) is 18.7 Å². The lowest BCUT2D eigenvalue weighted by Crippen LogP contribution is -2.37. The molecule has 0 radical (unpaired) electrons. The number of hydrogen-bond donors (Lipinski definition) is 1. The summed E-state index contributed by atoms with van der Waals surface area (Å²) in [5.41, 5.74) is 3.95. The molecule has 0 atom stereocenters. The van der Waals surface area contributed by atoms with Crippen LogP contribution < -0.4 is 16.7 Å². The molecule has 11 nitrogen and oxygen atoms in total. The van der Waals surface area contributed by atoms with Crippen molar-refractivity contribution in [2.45, 2.75) is 13.0 Å². The van der Waals surface area contributed by atoms with E-state index in [-0.39, 0.29) is 22.8 Å². The molecule has 4 aromatic rings. The Morgan fingerprint density at radius 2 is 1.85 bits per heavy atom. The average molecular weight is 447 g/mol. The molecule has 0 unspecified atom stereocenters. The number of nitro benzene ring substituents is 1. The number of aromatic nitrogens is 4. The molecule has 0 fully saturated rings. The first-order valence-electron chi connectivity index (χ1n) is 10.1. The van der Waals surface area contributed by atoms with Gasteiger partial charge in [-0.3, -0.25) is 24.0 Å². The Kier molecular flexibility index (Phi) is 5.85. The molecule has 2 aromatic heterocycles. The van der Waals surface area contributed by atoms with Gasteiger partial charge in [-0.1, -0.05) is 42.5 Å². The Bertz CT molecular complexity index is 1480. The van der Waals surface area contributed by atoms with E-state index in [9.17, 15) is 19.7 Å². The van der Waals surface area contributed by atoms with Crippen molar-refractivity contribution < 1.29 is 4.92 Å². The second-order valence-electron chi connectivity index (χ2n) is 7.42. The zero-order valence-electron chi connectivity index (χ0n) is 18.0. The molecule has 1 N–H and O–H groups in total. The highest BCUT2D eigenvalue weighted by Gasteiger charge is 2.19. The first kappa shape index (κ1) is 21.7. The Morgan fingerprint density at radius 1 is 1.09 bits per heavy atom. The number of non-ortho nitro benzene ring substituents is 1. The van der Waals surface area contributed by atoms with E-state index in [0.29, 0.717) is 18.5 Å². The van der Waals surface area contributed by atoms with Gasteiger partial charge >= 0.3 is 5.69 Å². The highest BCUT2D eigenvalue weighted by atomic mass is 16.6. The summed E-state index contributed by atoms with van der Waals surface area (Å²) in [6.45, 7) is 0.419. The first-order valence-corrected chi connectivity index (χ1v) is 10.1. The summed E-state index contributed by atoms with van der Waals surface area (Å²) in [5, 5.41) is 15.1. The maximum absolute atomic E-state index is 12.9. The van der Waals surface area contributed by atoms with E-state index in [1.807, 2.05) is 30.3 Å². The fourth-order valence-corrected chi connectivity index (χ4v) is 3.52. The summed E-state index contributed by atoms with van der Waals surface area (Å²) >= 11 is 0. The molecule has 0 spiro atoms. The molecule has 4 rings (SSSR count). The lowest BCUT2D eigenvalue weighted by atomic mass is 10.1. The maximum Gasteiger partial charge on any atom is 0.332 e. The Morgan fingerprint density at radius 3 is 2.58 bits per heavy atom. The lowest BCUT2D eigenvalue weighted by Gasteiger charge is -2.09. The van der Waals surface area contributed by atoms with Crippen LogP contribution in [-0.2, 0) is 27.1 Å². The Balaban J connectivity index is 1.73. The van der Waals surface area contributed by atoms with E-state index in [4.69, 9.17) is 0 Å². The van der Waals surface area contributed by atoms with Crippen LogP contribution in [0.15, 0.2) is 69.3 Å². The standard InChI is InChI=1S/C22H21N7O4/c1-26-19-18(20(30)27(2)22(26)31)28(12-11-15-7-4-3-5-8-15)21(24-19)25-23-14-16-9-6-10-17(13-16)29(32)33/h3-10,13-14H,11-12H2,1-2H3,(H,24,25). The van der Waals surface area contributed by atoms with Crippen molar-refractivity contribution in [2.24, 2.45) is 19.2 Å². The van der Waals surface area contributed by atoms with Crippen LogP contribution >= 0.6 is 0 Å². The van der Waals surface area contributed by atoms with E-state index in [1.54, 1.807) is 23.7 Å². The van der Waals surface area contributed by atoms with Gasteiger partial charge < -0.3 is 4.57 Å². The van der Waals surface area contributed by atoms with Crippen molar-refractivity contribution in [3.05, 3.63) is 96.7 Å². The van der Waals surface area contributed by atoms with Crippen LogP contribution in [0.5, 0.6) is 0 Å². The summed E-state index contributed by atoms with van der Waals surface area (Å²) in [6.07, 6.45) is 2.05. The van der Waals surface area contributed by atoms with Crippen LogP contribution in [0.4, 0.5) is 11.6 Å². The van der Waals surface area contributed by atoms with Crippen LogP contribution in [0.25, 0.3) is 11.2 Å². The molecular weight excluding hydrogens is 426 g/mol. The number of aryl methyl sites for hydroxylation is 3. The van der Waals surface area contributed by atoms with Gasteiger partial charge in [0.2, 0.25) is 5.95 Å². The van der Waals surface area contributed by atoms with E-state index in [0.717, 1.165) is 10.1 Å². The number of imidazole rings is 1. The fraction of sp³-hybridized carbons (Fsp3) is 0.182. The molecule has 0 aliphatic rings. The van der Waals surface area contributed by atoms with E-state index in [2.05, 4.69) is 15.5 Å². The average Bonchev–Trinajstić information content (AvgIpc) is 3.19. The summed E-state index contributed by atoms with van der Waals surface area (Å²) < 4.78 is 4.04. The van der Waals surface area contributed by atoms with Gasteiger partial charge in [-0.25, -0.2) is 10.2 Å². The van der Waals surface area contributed by atoms with Gasteiger partial charge in [0, 0.05) is 38.3 Å². The van der Waals surface area contributed by atoms with Gasteiger partial charge in [-0.05, 0) is 12.0 Å². The molecule has 0 saturated heterocycles. The minimum Gasteiger partial charge on any atom is -0.303 e. The third-order valence-corrected chi connectivity index (χ3v) is 5.27. The van der Waals surface area contributed by atoms with Crippen molar-refractivity contribution >= 4 is 29.0 Å². The summed E-state index contributed by atoms with van der Waals surface area (Å²) in [7, 11) is 2.97. The fourth-order valence-electron chi connectivity index (χ4n) is 3.52. The third-order valence-electron chi connectivity index (χ3n) is 5.27. The molecule has 2 heterocycles. The second-order valence-corrected chi connectivity index (χ2v) is 7.42. The lowest BCUT2D eigenvalue weighted by molar-refractivity contribution is -0.384. The molecule has 168 valence electrons. The summed E-state index contributed by atoms with van der Waals surface area (Å²) in [4.78, 5) is 40.2. The SMILES string of the molecule is Cn1c(=O)c2c(nc(NN=Cc3cccc([N+](=O)[O-])c3)n2CCc2ccccc2)n(C)c1=O. The van der Waals surface area contributed by atoms with Gasteiger partial charge in [-0.2, -0.15) is 10.1 Å². The predicted octanol–water partition coefficient (Wildman–Crippen LogP) is 2.03. The minimum atomic E-state index is -0.482. The number of hydrogen-bond acceptors (Lipinski definition) is 7. The van der Waals surface area contributed by atoms with Gasteiger partial charge in [0.25, 0.3) is 11.2 Å². The molecule has 0 aliphatic heterocycles. The molecule has 33 heavy (non-hydrogen) atoms. The van der Waals surface area contributed by atoms with E-state index >= 15 is 0 Å². The van der Waals surface area contributed by atoms with Gasteiger partial charge in [0.15, 0.2) is 11.2 Å². The Labute approximate surface area is 187 Å². The number of nitrogens with zero attached hydrogens (tertiary/aromatic N) is 6. The van der Waals surface area contributed by atoms with Gasteiger partial charge in [-0.15, -0.1) is 0 Å². The monoisotopic (exact) mass is 447 g/mol. The topological polar surface area (TPSA) is 129 Å². The van der Waals surface area contributed by atoms with E-state index in [1.165, 1.54) is 30.0 Å². The number of hydrazone groups is 1. The third kappa shape index (κ3) is 4.28. The van der Waals surface area contributed by atoms with Crippen molar-refractivity contribution in [2.75, 3.05) is 5.43 Å². The number of nitro groups is 1. The van der Waals surface area contributed by atoms with Crippen molar-refractivity contribution in [1.29, 1.82) is 0 Å². The number of rotatable bonds is 7. The van der Waals surface area contributed by atoms with Crippen LogP contribution in [0.3, 0.4) is 0 Å². The molecule has 0 aliphatic carbocycles. The van der Waals surface area contributed by atoms with Crippen LogP contribution in [0.2, 0.25) is 0 Å². The minimum absolute atomic E-state index is 0.0486. The van der Waals surface area contributed by atoms with Crippen LogP contribution in [-0.4, -0.2) is 29.8 Å². The maximum atomic E-state index is 12.9. The predicted molar refractivity (Wildman–Crippen MR) is 125 cm³/mol. The number of benzene rings is 2. The zero-order valence-corrected chi connectivity index (χ0v) is 18.0. The molecule has 0 amide bonds. The number of nitrogens with one attached hydrogen (secondary N) is 1. The summed E-state index contributed by atoms with van der Waals surface area (Å²) in [6, 6.07) is 15.8. The zero-order chi connectivity index (χ0) is 23.5. The van der Waals surface area contributed by atoms with Crippen LogP contribution in [0.1, 0.15) is 11.1 Å². The molecule has 0 bridgehead atoms. The van der Waals surface area contributed by atoms with Crippen LogP contribution in [0, 0.1) is 10.1 Å². The molecule has 2 aromatic carbocycles. The summed E-state index contributed by atoms with van der Waals surface area (Å²) in [5.74, 6) is 0.279. The number of anilines is 1.